The Labute approximate surface area is 145 Å². The van der Waals surface area contributed by atoms with Crippen LogP contribution in [0.2, 0.25) is 0 Å². The van der Waals surface area contributed by atoms with E-state index in [-0.39, 0.29) is 30.0 Å². The number of nitrogens with zero attached hydrogens (tertiary/aromatic N) is 1. The number of nitrogens with one attached hydrogen (secondary N) is 1. The minimum Gasteiger partial charge on any atom is -0.467 e. The largest absolute Gasteiger partial charge is 0.467 e. The lowest BCUT2D eigenvalue weighted by Crippen LogP contribution is -2.44. The average Bonchev–Trinajstić information content (AvgIpc) is 3.14. The molecule has 0 saturated carbocycles. The number of hydrogen-bond donors (Lipinski definition) is 1. The highest BCUT2D eigenvalue weighted by Crippen LogP contribution is 2.21. The van der Waals surface area contributed by atoms with Gasteiger partial charge in [-0.2, -0.15) is 0 Å². The van der Waals surface area contributed by atoms with E-state index >= 15 is 0 Å². The van der Waals surface area contributed by atoms with Crippen LogP contribution in [0.25, 0.3) is 0 Å². The summed E-state index contributed by atoms with van der Waals surface area (Å²) in [6.45, 7) is 1.96. The Hall–Kier alpha value is -2.47. The molecule has 0 unspecified atom stereocenters. The zero-order valence-electron chi connectivity index (χ0n) is 13.9. The van der Waals surface area contributed by atoms with Gasteiger partial charge in [0, 0.05) is 18.0 Å². The van der Waals surface area contributed by atoms with Crippen LogP contribution in [0.4, 0.5) is 4.39 Å². The van der Waals surface area contributed by atoms with Crippen LogP contribution in [-0.2, 0) is 11.3 Å². The minimum atomic E-state index is -0.352. The average molecular weight is 344 g/mol. The van der Waals surface area contributed by atoms with Crippen LogP contribution in [0.3, 0.4) is 0 Å². The summed E-state index contributed by atoms with van der Waals surface area (Å²) in [6.07, 6.45) is 3.22. The van der Waals surface area contributed by atoms with Gasteiger partial charge in [0.05, 0.1) is 19.4 Å². The molecule has 132 valence electrons. The topological polar surface area (TPSA) is 62.6 Å². The summed E-state index contributed by atoms with van der Waals surface area (Å²) in [5.41, 5.74) is 0.524. The van der Waals surface area contributed by atoms with Crippen LogP contribution in [0.1, 0.15) is 29.0 Å². The summed E-state index contributed by atoms with van der Waals surface area (Å²) in [6, 6.07) is 9.22. The molecule has 1 aromatic heterocycles. The van der Waals surface area contributed by atoms with Gasteiger partial charge in [-0.15, -0.1) is 0 Å². The van der Waals surface area contributed by atoms with E-state index in [4.69, 9.17) is 4.42 Å². The molecule has 1 N–H and O–H groups in total. The minimum absolute atomic E-state index is 0.0145. The number of carbonyl (C=O) groups excluding carboxylic acids is 2. The fourth-order valence-electron chi connectivity index (χ4n) is 3.12. The normalized spacial score (nSPS) is 18.0. The smallest absolute Gasteiger partial charge is 0.234 e. The molecule has 1 aliphatic heterocycles. The Balaban J connectivity index is 1.51. The summed E-state index contributed by atoms with van der Waals surface area (Å²) in [4.78, 5) is 26.6. The zero-order chi connectivity index (χ0) is 17.6. The van der Waals surface area contributed by atoms with E-state index in [2.05, 4.69) is 5.32 Å². The number of benzene rings is 1. The monoisotopic (exact) mass is 344 g/mol. The Morgan fingerprint density at radius 1 is 1.24 bits per heavy atom. The van der Waals surface area contributed by atoms with E-state index in [1.165, 1.54) is 24.3 Å². The van der Waals surface area contributed by atoms with Crippen molar-refractivity contribution in [1.29, 1.82) is 0 Å². The van der Waals surface area contributed by atoms with Crippen LogP contribution >= 0.6 is 0 Å². The SMILES string of the molecule is O=C(CN1CCC[C@H](C(=O)c2ccc(F)cc2)C1)NCc1ccco1. The van der Waals surface area contributed by atoms with E-state index < -0.39 is 0 Å². The highest BCUT2D eigenvalue weighted by atomic mass is 19.1. The fraction of sp³-hybridized carbons (Fsp3) is 0.368. The molecule has 0 aliphatic carbocycles. The lowest BCUT2D eigenvalue weighted by molar-refractivity contribution is -0.122. The van der Waals surface area contributed by atoms with Crippen molar-refractivity contribution >= 4 is 11.7 Å². The molecule has 1 saturated heterocycles. The molecule has 3 rings (SSSR count). The van der Waals surface area contributed by atoms with E-state index in [9.17, 15) is 14.0 Å². The zero-order valence-corrected chi connectivity index (χ0v) is 13.9. The number of hydrogen-bond acceptors (Lipinski definition) is 4. The third-order valence-electron chi connectivity index (χ3n) is 4.41. The van der Waals surface area contributed by atoms with Crippen molar-refractivity contribution in [3.05, 3.63) is 59.8 Å². The first-order valence-corrected chi connectivity index (χ1v) is 8.43. The molecule has 5 nitrogen and oxygen atoms in total. The first kappa shape index (κ1) is 17.4. The summed E-state index contributed by atoms with van der Waals surface area (Å²) < 4.78 is 18.2. The number of piperidine rings is 1. The number of amides is 1. The van der Waals surface area contributed by atoms with Gasteiger partial charge in [0.2, 0.25) is 5.91 Å². The van der Waals surface area contributed by atoms with Crippen LogP contribution in [0, 0.1) is 11.7 Å². The molecular formula is C19H21FN2O3. The van der Waals surface area contributed by atoms with Crippen LogP contribution in [0.15, 0.2) is 47.1 Å². The predicted molar refractivity (Wildman–Crippen MR) is 90.4 cm³/mol. The second-order valence-corrected chi connectivity index (χ2v) is 6.30. The molecule has 0 radical (unpaired) electrons. The molecule has 1 aliphatic rings. The van der Waals surface area contributed by atoms with Gasteiger partial charge in [-0.05, 0) is 55.8 Å². The highest BCUT2D eigenvalue weighted by Gasteiger charge is 2.27. The van der Waals surface area contributed by atoms with E-state index in [0.29, 0.717) is 24.4 Å². The molecular weight excluding hydrogens is 323 g/mol. The number of ketones is 1. The van der Waals surface area contributed by atoms with E-state index in [0.717, 1.165) is 19.4 Å². The molecule has 2 aromatic rings. The summed E-state index contributed by atoms with van der Waals surface area (Å²) >= 11 is 0. The summed E-state index contributed by atoms with van der Waals surface area (Å²) in [5, 5.41) is 2.81. The molecule has 25 heavy (non-hydrogen) atoms. The number of likely N-dealkylation sites (tertiary alicyclic amines) is 1. The van der Waals surface area contributed by atoms with Crippen molar-refractivity contribution in [1.82, 2.24) is 10.2 Å². The third kappa shape index (κ3) is 4.76. The predicted octanol–water partition coefficient (Wildman–Crippen LogP) is 2.63. The standard InChI is InChI=1S/C19H21FN2O3/c20-16-7-5-14(6-8-16)19(24)15-3-1-9-22(12-15)13-18(23)21-11-17-4-2-10-25-17/h2,4-8,10,15H,1,3,9,11-13H2,(H,21,23)/t15-/m0/s1. The summed E-state index contributed by atoms with van der Waals surface area (Å²) in [5.74, 6) is 0.121. The molecule has 6 heteroatoms. The van der Waals surface area contributed by atoms with Crippen molar-refractivity contribution in [3.63, 3.8) is 0 Å². The lowest BCUT2D eigenvalue weighted by atomic mass is 9.90. The third-order valence-corrected chi connectivity index (χ3v) is 4.41. The number of halogens is 1. The van der Waals surface area contributed by atoms with Gasteiger partial charge in [-0.1, -0.05) is 0 Å². The van der Waals surface area contributed by atoms with E-state index in [1.54, 1.807) is 18.4 Å². The maximum atomic E-state index is 13.0. The Morgan fingerprint density at radius 2 is 2.04 bits per heavy atom. The second kappa shape index (κ2) is 8.07. The van der Waals surface area contributed by atoms with Gasteiger partial charge >= 0.3 is 0 Å². The lowest BCUT2D eigenvalue weighted by Gasteiger charge is -2.31. The van der Waals surface area contributed by atoms with E-state index in [1.807, 2.05) is 4.90 Å². The molecule has 1 fully saturated rings. The molecule has 0 bridgehead atoms. The first-order valence-electron chi connectivity index (χ1n) is 8.43. The van der Waals surface area contributed by atoms with Gasteiger partial charge in [-0.25, -0.2) is 4.39 Å². The first-order chi connectivity index (χ1) is 12.1. The molecule has 0 spiro atoms. The second-order valence-electron chi connectivity index (χ2n) is 6.30. The Kier molecular flexibility index (Phi) is 5.60. The number of Topliss-reactive ketones (excluding diaryl/α,β-unsaturated/α-hetero) is 1. The van der Waals surface area contributed by atoms with Gasteiger partial charge in [-0.3, -0.25) is 14.5 Å². The molecule has 2 heterocycles. The van der Waals surface area contributed by atoms with Crippen LogP contribution in [0.5, 0.6) is 0 Å². The van der Waals surface area contributed by atoms with Gasteiger partial charge in [0.25, 0.3) is 0 Å². The van der Waals surface area contributed by atoms with Crippen molar-refractivity contribution in [2.45, 2.75) is 19.4 Å². The van der Waals surface area contributed by atoms with Crippen molar-refractivity contribution in [2.24, 2.45) is 5.92 Å². The van der Waals surface area contributed by atoms with Gasteiger partial charge in [0.15, 0.2) is 5.78 Å². The number of carbonyl (C=O) groups is 2. The van der Waals surface area contributed by atoms with Gasteiger partial charge < -0.3 is 9.73 Å². The molecule has 1 aromatic carbocycles. The Bertz CT molecular complexity index is 713. The Morgan fingerprint density at radius 3 is 2.76 bits per heavy atom. The summed E-state index contributed by atoms with van der Waals surface area (Å²) in [7, 11) is 0. The number of furan rings is 1. The van der Waals surface area contributed by atoms with Crippen LogP contribution < -0.4 is 5.32 Å². The molecule has 1 amide bonds. The number of rotatable bonds is 6. The van der Waals surface area contributed by atoms with Crippen molar-refractivity contribution < 1.29 is 18.4 Å². The fourth-order valence-corrected chi connectivity index (χ4v) is 3.12. The molecule has 1 atom stereocenters. The maximum absolute atomic E-state index is 13.0. The highest BCUT2D eigenvalue weighted by molar-refractivity contribution is 5.98. The van der Waals surface area contributed by atoms with Crippen molar-refractivity contribution in [3.8, 4) is 0 Å². The maximum Gasteiger partial charge on any atom is 0.234 e. The quantitative estimate of drug-likeness (QED) is 0.819. The van der Waals surface area contributed by atoms with Gasteiger partial charge in [0.1, 0.15) is 11.6 Å². The van der Waals surface area contributed by atoms with Crippen LogP contribution in [-0.4, -0.2) is 36.2 Å². The van der Waals surface area contributed by atoms with Crippen molar-refractivity contribution in [2.75, 3.05) is 19.6 Å².